The fourth-order valence-electron chi connectivity index (χ4n) is 5.11. The van der Waals surface area contributed by atoms with Gasteiger partial charge >= 0.3 is 0 Å². The van der Waals surface area contributed by atoms with Crippen molar-refractivity contribution in [3.8, 4) is 22.8 Å². The lowest BCUT2D eigenvalue weighted by Crippen LogP contribution is -2.34. The highest BCUT2D eigenvalue weighted by Crippen LogP contribution is 2.35. The molecule has 0 atom stereocenters. The number of fused-ring (bicyclic) bond motifs is 7. The van der Waals surface area contributed by atoms with Crippen LogP contribution in [0.1, 0.15) is 25.7 Å². The van der Waals surface area contributed by atoms with E-state index in [2.05, 4.69) is 52.4 Å². The van der Waals surface area contributed by atoms with Crippen molar-refractivity contribution in [1.29, 1.82) is 0 Å². The molecule has 0 amide bonds. The van der Waals surface area contributed by atoms with Crippen LogP contribution < -0.4 is 19.7 Å². The molecule has 2 aromatic carbocycles. The lowest BCUT2D eigenvalue weighted by Gasteiger charge is -2.35. The molecule has 3 aromatic rings. The van der Waals surface area contributed by atoms with E-state index in [-0.39, 0.29) is 0 Å². The first-order chi connectivity index (χ1) is 18.6. The highest BCUT2D eigenvalue weighted by atomic mass is 16.5. The standard InChI is InChI=1S/C30H39N5O3/c1-34(2)14-4-5-23-11-15-35(16-12-23)28-9-8-25-22-29(28)38-20-18-36-17-19-37-26-7-3-6-24(21-26)27-10-13-31-30(32-25)33-27/h3,6-10,13,21-23H,4-5,11-12,14-20H2,1-2H3,(H,31,32,33). The van der Waals surface area contributed by atoms with E-state index in [0.717, 1.165) is 53.1 Å². The molecule has 1 saturated heterocycles. The molecule has 202 valence electrons. The Hall–Kier alpha value is -3.36. The molecular weight excluding hydrogens is 478 g/mol. The first kappa shape index (κ1) is 26.3. The molecule has 0 saturated carbocycles. The molecule has 2 aliphatic heterocycles. The topological polar surface area (TPSA) is 72.0 Å². The molecule has 2 aliphatic rings. The summed E-state index contributed by atoms with van der Waals surface area (Å²) in [7, 11) is 4.30. The number of hydrogen-bond donors (Lipinski definition) is 1. The summed E-state index contributed by atoms with van der Waals surface area (Å²) < 4.78 is 18.0. The van der Waals surface area contributed by atoms with Crippen LogP contribution in [-0.4, -0.2) is 75.0 Å². The van der Waals surface area contributed by atoms with E-state index in [9.17, 15) is 0 Å². The number of hydrogen-bond acceptors (Lipinski definition) is 8. The number of ether oxygens (including phenoxy) is 3. The van der Waals surface area contributed by atoms with Gasteiger partial charge in [0.15, 0.2) is 0 Å². The minimum atomic E-state index is 0.471. The summed E-state index contributed by atoms with van der Waals surface area (Å²) >= 11 is 0. The largest absolute Gasteiger partial charge is 0.491 e. The van der Waals surface area contributed by atoms with Gasteiger partial charge in [0, 0.05) is 36.6 Å². The van der Waals surface area contributed by atoms with Crippen LogP contribution in [0.4, 0.5) is 17.3 Å². The van der Waals surface area contributed by atoms with E-state index in [1.165, 1.54) is 32.2 Å². The molecule has 8 nitrogen and oxygen atoms in total. The predicted molar refractivity (Wildman–Crippen MR) is 152 cm³/mol. The van der Waals surface area contributed by atoms with Crippen LogP contribution in [0, 0.1) is 5.92 Å². The van der Waals surface area contributed by atoms with Gasteiger partial charge in [-0.15, -0.1) is 0 Å². The van der Waals surface area contributed by atoms with Crippen LogP contribution in [0.25, 0.3) is 11.3 Å². The third kappa shape index (κ3) is 7.14. The number of nitrogens with zero attached hydrogens (tertiary/aromatic N) is 4. The van der Waals surface area contributed by atoms with Gasteiger partial charge in [-0.3, -0.25) is 0 Å². The van der Waals surface area contributed by atoms with Crippen molar-refractivity contribution in [2.45, 2.75) is 25.7 Å². The fourth-order valence-corrected chi connectivity index (χ4v) is 5.11. The Morgan fingerprint density at radius 2 is 1.82 bits per heavy atom. The summed E-state index contributed by atoms with van der Waals surface area (Å²) in [6.45, 7) is 5.21. The van der Waals surface area contributed by atoms with Gasteiger partial charge in [0.05, 0.1) is 24.6 Å². The summed E-state index contributed by atoms with van der Waals surface area (Å²) in [5, 5.41) is 3.37. The number of nitrogens with one attached hydrogen (secondary N) is 1. The van der Waals surface area contributed by atoms with Crippen molar-refractivity contribution in [3.63, 3.8) is 0 Å². The smallest absolute Gasteiger partial charge is 0.227 e. The monoisotopic (exact) mass is 517 g/mol. The SMILES string of the molecule is CN(C)CCCC1CCN(c2ccc3cc2OCCOCCOc2cccc(c2)-c2ccnc(n2)N3)CC1. The van der Waals surface area contributed by atoms with Crippen LogP contribution >= 0.6 is 0 Å². The summed E-state index contributed by atoms with van der Waals surface area (Å²) in [5.41, 5.74) is 3.83. The molecule has 0 unspecified atom stereocenters. The first-order valence-electron chi connectivity index (χ1n) is 13.7. The molecule has 8 heteroatoms. The zero-order valence-corrected chi connectivity index (χ0v) is 22.6. The number of anilines is 3. The van der Waals surface area contributed by atoms with E-state index < -0.39 is 0 Å². The molecule has 0 aliphatic carbocycles. The van der Waals surface area contributed by atoms with Crippen molar-refractivity contribution < 1.29 is 14.2 Å². The molecule has 1 fully saturated rings. The Morgan fingerprint density at radius 3 is 2.66 bits per heavy atom. The molecule has 1 aromatic heterocycles. The van der Waals surface area contributed by atoms with Crippen LogP contribution in [-0.2, 0) is 4.74 Å². The summed E-state index contributed by atoms with van der Waals surface area (Å²) in [6, 6.07) is 16.1. The van der Waals surface area contributed by atoms with Gasteiger partial charge in [0.2, 0.25) is 5.95 Å². The number of benzene rings is 2. The van der Waals surface area contributed by atoms with Gasteiger partial charge in [-0.25, -0.2) is 9.97 Å². The van der Waals surface area contributed by atoms with Crippen LogP contribution in [0.15, 0.2) is 54.7 Å². The zero-order valence-electron chi connectivity index (χ0n) is 22.6. The number of rotatable bonds is 5. The molecule has 38 heavy (non-hydrogen) atoms. The number of aromatic nitrogens is 2. The average Bonchev–Trinajstić information content (AvgIpc) is 2.93. The molecular formula is C30H39N5O3. The van der Waals surface area contributed by atoms with Crippen molar-refractivity contribution in [3.05, 3.63) is 54.7 Å². The molecule has 1 N–H and O–H groups in total. The van der Waals surface area contributed by atoms with Crippen molar-refractivity contribution in [2.75, 3.05) is 70.4 Å². The summed E-state index contributed by atoms with van der Waals surface area (Å²) in [4.78, 5) is 13.9. The normalized spacial score (nSPS) is 16.8. The van der Waals surface area contributed by atoms with E-state index in [0.29, 0.717) is 32.4 Å². The van der Waals surface area contributed by atoms with Gasteiger partial charge in [-0.1, -0.05) is 12.1 Å². The lowest BCUT2D eigenvalue weighted by molar-refractivity contribution is 0.0765. The maximum atomic E-state index is 6.27. The number of piperidine rings is 1. The van der Waals surface area contributed by atoms with Crippen LogP contribution in [0.3, 0.4) is 0 Å². The second kappa shape index (κ2) is 12.9. The van der Waals surface area contributed by atoms with Crippen molar-refractivity contribution in [1.82, 2.24) is 14.9 Å². The Balaban J connectivity index is 1.33. The maximum Gasteiger partial charge on any atom is 0.227 e. The van der Waals surface area contributed by atoms with E-state index in [4.69, 9.17) is 19.2 Å². The summed E-state index contributed by atoms with van der Waals surface area (Å²) in [6.07, 6.45) is 6.79. The molecule has 5 rings (SSSR count). The van der Waals surface area contributed by atoms with Crippen LogP contribution in [0.2, 0.25) is 0 Å². The predicted octanol–water partition coefficient (Wildman–Crippen LogP) is 5.23. The van der Waals surface area contributed by atoms with Crippen molar-refractivity contribution in [2.24, 2.45) is 5.92 Å². The van der Waals surface area contributed by atoms with Gasteiger partial charge in [0.1, 0.15) is 24.7 Å². The molecule has 0 spiro atoms. The second-order valence-electron chi connectivity index (χ2n) is 10.3. The van der Waals surface area contributed by atoms with E-state index >= 15 is 0 Å². The quantitative estimate of drug-likeness (QED) is 0.493. The Labute approximate surface area is 225 Å². The highest BCUT2D eigenvalue weighted by molar-refractivity contribution is 5.68. The second-order valence-corrected chi connectivity index (χ2v) is 10.3. The highest BCUT2D eigenvalue weighted by Gasteiger charge is 2.22. The average molecular weight is 518 g/mol. The molecule has 0 radical (unpaired) electrons. The first-order valence-corrected chi connectivity index (χ1v) is 13.7. The van der Waals surface area contributed by atoms with Gasteiger partial charge in [0.25, 0.3) is 0 Å². The van der Waals surface area contributed by atoms with Crippen molar-refractivity contribution >= 4 is 17.3 Å². The Bertz CT molecular complexity index is 1180. The molecule has 6 bridgehead atoms. The lowest BCUT2D eigenvalue weighted by atomic mass is 9.92. The zero-order chi connectivity index (χ0) is 26.2. The minimum absolute atomic E-state index is 0.471. The van der Waals surface area contributed by atoms with Crippen LogP contribution in [0.5, 0.6) is 11.5 Å². The Kier molecular flexibility index (Phi) is 8.94. The fraction of sp³-hybridized carbons (Fsp3) is 0.467. The van der Waals surface area contributed by atoms with Gasteiger partial charge < -0.3 is 29.3 Å². The minimum Gasteiger partial charge on any atom is -0.491 e. The maximum absolute atomic E-state index is 6.27. The Morgan fingerprint density at radius 1 is 0.974 bits per heavy atom. The molecule has 3 heterocycles. The third-order valence-electron chi connectivity index (χ3n) is 7.16. The van der Waals surface area contributed by atoms with E-state index in [1.807, 2.05) is 30.3 Å². The third-order valence-corrected chi connectivity index (χ3v) is 7.16. The summed E-state index contributed by atoms with van der Waals surface area (Å²) in [5.74, 6) is 2.99. The van der Waals surface area contributed by atoms with Gasteiger partial charge in [-0.2, -0.15) is 0 Å². The van der Waals surface area contributed by atoms with E-state index in [1.54, 1.807) is 6.20 Å². The van der Waals surface area contributed by atoms with Gasteiger partial charge in [-0.05, 0) is 82.6 Å².